The first-order chi connectivity index (χ1) is 8.33. The highest BCUT2D eigenvalue weighted by molar-refractivity contribution is 14.1. The van der Waals surface area contributed by atoms with E-state index in [2.05, 4.69) is 10.1 Å². The van der Waals surface area contributed by atoms with Gasteiger partial charge in [-0.05, 0) is 47.7 Å². The number of nitrogens with one attached hydrogen (secondary N) is 1. The van der Waals surface area contributed by atoms with Crippen molar-refractivity contribution in [3.63, 3.8) is 0 Å². The van der Waals surface area contributed by atoms with Crippen LogP contribution in [-0.4, -0.2) is 25.2 Å². The minimum atomic E-state index is -4.37. The summed E-state index contributed by atoms with van der Waals surface area (Å²) < 4.78 is 41.1. The number of benzene rings is 1. The molecule has 1 rings (SSSR count). The molecule has 7 heteroatoms. The van der Waals surface area contributed by atoms with Crippen LogP contribution in [0.5, 0.6) is 5.75 Å². The fourth-order valence-electron chi connectivity index (χ4n) is 1.18. The van der Waals surface area contributed by atoms with Gasteiger partial charge in [-0.1, -0.05) is 0 Å². The van der Waals surface area contributed by atoms with Crippen LogP contribution in [0.15, 0.2) is 18.2 Å². The zero-order chi connectivity index (χ0) is 13.8. The third-order valence-electron chi connectivity index (χ3n) is 1.92. The summed E-state index contributed by atoms with van der Waals surface area (Å²) in [6.45, 7) is 0.926. The lowest BCUT2D eigenvalue weighted by atomic mass is 10.2. The molecule has 18 heavy (non-hydrogen) atoms. The van der Waals surface area contributed by atoms with Crippen LogP contribution in [0.2, 0.25) is 0 Å². The lowest BCUT2D eigenvalue weighted by molar-refractivity contribution is -0.153. The molecule has 1 amide bonds. The molecule has 0 aliphatic carbocycles. The van der Waals surface area contributed by atoms with Crippen molar-refractivity contribution in [3.05, 3.63) is 27.3 Å². The fourth-order valence-corrected chi connectivity index (χ4v) is 1.85. The van der Waals surface area contributed by atoms with E-state index in [1.54, 1.807) is 6.92 Å². The van der Waals surface area contributed by atoms with E-state index in [9.17, 15) is 18.0 Å². The van der Waals surface area contributed by atoms with Crippen molar-refractivity contribution < 1.29 is 22.7 Å². The monoisotopic (exact) mass is 373 g/mol. The second-order valence-electron chi connectivity index (χ2n) is 3.41. The number of ether oxygens (including phenoxy) is 1. The first-order valence-electron chi connectivity index (χ1n) is 5.11. The van der Waals surface area contributed by atoms with Crippen molar-refractivity contribution >= 4 is 28.5 Å². The van der Waals surface area contributed by atoms with Gasteiger partial charge >= 0.3 is 6.18 Å². The summed E-state index contributed by atoms with van der Waals surface area (Å²) in [5, 5.41) is 2.60. The van der Waals surface area contributed by atoms with Gasteiger partial charge in [0, 0.05) is 12.1 Å². The van der Waals surface area contributed by atoms with Gasteiger partial charge in [-0.3, -0.25) is 4.79 Å². The quantitative estimate of drug-likeness (QED) is 0.825. The smallest absolute Gasteiger partial charge is 0.422 e. The summed E-state index contributed by atoms with van der Waals surface area (Å²) in [7, 11) is 0. The van der Waals surface area contributed by atoms with Crippen LogP contribution in [-0.2, 0) is 0 Å². The first kappa shape index (κ1) is 15.1. The topological polar surface area (TPSA) is 38.3 Å². The molecule has 0 unspecified atom stereocenters. The summed E-state index contributed by atoms with van der Waals surface area (Å²) in [5.74, 6) is -0.154. The Bertz CT molecular complexity index is 435. The number of hydrogen-bond acceptors (Lipinski definition) is 2. The number of alkyl halides is 3. The molecule has 1 N–H and O–H groups in total. The Balaban J connectivity index is 2.77. The number of carbonyl (C=O) groups excluding carboxylic acids is 1. The molecule has 100 valence electrons. The van der Waals surface area contributed by atoms with E-state index in [0.717, 1.165) is 0 Å². The average Bonchev–Trinajstić information content (AvgIpc) is 2.26. The molecule has 0 aliphatic heterocycles. The Morgan fingerprint density at radius 2 is 2.11 bits per heavy atom. The molecule has 0 atom stereocenters. The molecule has 3 nitrogen and oxygen atoms in total. The Hall–Kier alpha value is -0.990. The summed E-state index contributed by atoms with van der Waals surface area (Å²) in [6.07, 6.45) is -4.37. The molecule has 0 bridgehead atoms. The molecular formula is C11H11F3INO2. The van der Waals surface area contributed by atoms with Crippen LogP contribution in [0.1, 0.15) is 17.3 Å². The van der Waals surface area contributed by atoms with Crippen LogP contribution in [0.4, 0.5) is 13.2 Å². The maximum absolute atomic E-state index is 12.0. The Morgan fingerprint density at radius 1 is 1.44 bits per heavy atom. The summed E-state index contributed by atoms with van der Waals surface area (Å²) in [6, 6.07) is 4.27. The van der Waals surface area contributed by atoms with Gasteiger partial charge in [0.1, 0.15) is 5.75 Å². The molecule has 0 fully saturated rings. The second-order valence-corrected chi connectivity index (χ2v) is 4.57. The molecule has 0 aliphatic rings. The maximum atomic E-state index is 12.0. The van der Waals surface area contributed by atoms with E-state index < -0.39 is 12.8 Å². The minimum absolute atomic E-state index is 0.112. The van der Waals surface area contributed by atoms with E-state index in [0.29, 0.717) is 15.7 Å². The van der Waals surface area contributed by atoms with Crippen LogP contribution in [0.3, 0.4) is 0 Å². The van der Waals surface area contributed by atoms with Gasteiger partial charge in [0.15, 0.2) is 6.61 Å². The first-order valence-corrected chi connectivity index (χ1v) is 6.18. The summed E-state index contributed by atoms with van der Waals surface area (Å²) in [5.41, 5.74) is 0.389. The second kappa shape index (κ2) is 6.26. The van der Waals surface area contributed by atoms with Gasteiger partial charge in [0.05, 0.1) is 3.57 Å². The van der Waals surface area contributed by atoms with Gasteiger partial charge in [-0.2, -0.15) is 13.2 Å². The maximum Gasteiger partial charge on any atom is 0.422 e. The van der Waals surface area contributed by atoms with Gasteiger partial charge in [-0.15, -0.1) is 0 Å². The number of halogens is 4. The van der Waals surface area contributed by atoms with E-state index in [4.69, 9.17) is 0 Å². The third kappa shape index (κ3) is 4.71. The molecule has 0 heterocycles. The SMILES string of the molecule is CCNC(=O)c1ccc(OCC(F)(F)F)c(I)c1. The molecule has 1 aromatic rings. The van der Waals surface area contributed by atoms with Crippen molar-refractivity contribution in [2.24, 2.45) is 0 Å². The normalized spacial score (nSPS) is 11.2. The van der Waals surface area contributed by atoms with Crippen LogP contribution in [0.25, 0.3) is 0 Å². The Kier molecular flexibility index (Phi) is 5.24. The fraction of sp³-hybridized carbons (Fsp3) is 0.364. The van der Waals surface area contributed by atoms with Crippen molar-refractivity contribution in [2.75, 3.05) is 13.2 Å². The zero-order valence-corrected chi connectivity index (χ0v) is 11.6. The summed E-state index contributed by atoms with van der Waals surface area (Å²) >= 11 is 1.83. The van der Waals surface area contributed by atoms with E-state index in [-0.39, 0.29) is 11.7 Å². The number of rotatable bonds is 4. The predicted molar refractivity (Wildman–Crippen MR) is 68.7 cm³/mol. The lowest BCUT2D eigenvalue weighted by Gasteiger charge is -2.11. The van der Waals surface area contributed by atoms with Crippen LogP contribution < -0.4 is 10.1 Å². The molecule has 0 saturated heterocycles. The summed E-state index contributed by atoms with van der Waals surface area (Å²) in [4.78, 5) is 11.5. The number of amides is 1. The average molecular weight is 373 g/mol. The van der Waals surface area contributed by atoms with Gasteiger partial charge < -0.3 is 10.1 Å². The highest BCUT2D eigenvalue weighted by Crippen LogP contribution is 2.24. The Morgan fingerprint density at radius 3 is 2.61 bits per heavy atom. The van der Waals surface area contributed by atoms with Crippen LogP contribution >= 0.6 is 22.6 Å². The number of carbonyl (C=O) groups is 1. The van der Waals surface area contributed by atoms with Crippen molar-refractivity contribution in [1.29, 1.82) is 0 Å². The molecule has 1 aromatic carbocycles. The highest BCUT2D eigenvalue weighted by Gasteiger charge is 2.28. The zero-order valence-electron chi connectivity index (χ0n) is 9.47. The molecular weight excluding hydrogens is 362 g/mol. The Labute approximate surface area is 116 Å². The lowest BCUT2D eigenvalue weighted by Crippen LogP contribution is -2.23. The van der Waals surface area contributed by atoms with E-state index in [1.165, 1.54) is 18.2 Å². The van der Waals surface area contributed by atoms with Crippen molar-refractivity contribution in [1.82, 2.24) is 5.32 Å². The minimum Gasteiger partial charge on any atom is -0.483 e. The van der Waals surface area contributed by atoms with Gasteiger partial charge in [0.2, 0.25) is 0 Å². The van der Waals surface area contributed by atoms with E-state index >= 15 is 0 Å². The molecule has 0 aromatic heterocycles. The van der Waals surface area contributed by atoms with E-state index in [1.807, 2.05) is 22.6 Å². The third-order valence-corrected chi connectivity index (χ3v) is 2.77. The predicted octanol–water partition coefficient (Wildman–Crippen LogP) is 2.98. The van der Waals surface area contributed by atoms with Crippen molar-refractivity contribution in [3.8, 4) is 5.75 Å². The molecule has 0 spiro atoms. The van der Waals surface area contributed by atoms with Gasteiger partial charge in [-0.25, -0.2) is 0 Å². The standard InChI is InChI=1S/C11H11F3INO2/c1-2-16-10(17)7-3-4-9(8(15)5-7)18-6-11(12,13)14/h3-5H,2,6H2,1H3,(H,16,17). The number of hydrogen-bond donors (Lipinski definition) is 1. The largest absolute Gasteiger partial charge is 0.483 e. The van der Waals surface area contributed by atoms with Crippen molar-refractivity contribution in [2.45, 2.75) is 13.1 Å². The molecule has 0 saturated carbocycles. The van der Waals surface area contributed by atoms with Crippen LogP contribution in [0, 0.1) is 3.57 Å². The highest BCUT2D eigenvalue weighted by atomic mass is 127. The molecule has 0 radical (unpaired) electrons. The van der Waals surface area contributed by atoms with Gasteiger partial charge in [0.25, 0.3) is 5.91 Å².